The second-order valence-corrected chi connectivity index (χ2v) is 8.40. The Balaban J connectivity index is 1.88. The van der Waals surface area contributed by atoms with Gasteiger partial charge in [0.25, 0.3) is 0 Å². The van der Waals surface area contributed by atoms with Gasteiger partial charge >= 0.3 is 0 Å². The number of hydrogen-bond acceptors (Lipinski definition) is 5. The molecule has 0 saturated carbocycles. The van der Waals surface area contributed by atoms with Crippen molar-refractivity contribution in [1.82, 2.24) is 0 Å². The van der Waals surface area contributed by atoms with E-state index in [1.807, 2.05) is 62.4 Å². The lowest BCUT2D eigenvalue weighted by Crippen LogP contribution is -2.26. The van der Waals surface area contributed by atoms with Crippen LogP contribution in [0.3, 0.4) is 0 Å². The number of hydrogen-bond donors (Lipinski definition) is 1. The summed E-state index contributed by atoms with van der Waals surface area (Å²) in [7, 11) is 0. The largest absolute Gasteiger partial charge is 0.494 e. The lowest BCUT2D eigenvalue weighted by Gasteiger charge is -2.36. The van der Waals surface area contributed by atoms with Gasteiger partial charge in [0.05, 0.1) is 19.1 Å². The number of nitrogens with two attached hydrogens (primary N) is 1. The van der Waals surface area contributed by atoms with Crippen molar-refractivity contribution < 1.29 is 14.2 Å². The average molecular weight is 443 g/mol. The van der Waals surface area contributed by atoms with Crippen LogP contribution in [0.15, 0.2) is 76.9 Å². The van der Waals surface area contributed by atoms with Crippen LogP contribution in [0.1, 0.15) is 50.7 Å². The molecule has 0 aromatic heterocycles. The van der Waals surface area contributed by atoms with Crippen molar-refractivity contribution in [3.63, 3.8) is 0 Å². The molecule has 2 atom stereocenters. The monoisotopic (exact) mass is 442 g/mol. The highest BCUT2D eigenvalue weighted by Gasteiger charge is 2.38. The predicted molar refractivity (Wildman–Crippen MR) is 129 cm³/mol. The van der Waals surface area contributed by atoms with E-state index in [1.54, 1.807) is 0 Å². The van der Waals surface area contributed by atoms with Gasteiger partial charge in [-0.05, 0) is 62.0 Å². The maximum atomic E-state index is 10.0. The van der Waals surface area contributed by atoms with E-state index in [0.29, 0.717) is 24.7 Å². The molecule has 0 fully saturated rings. The minimum Gasteiger partial charge on any atom is -0.494 e. The van der Waals surface area contributed by atoms with Crippen molar-refractivity contribution in [3.8, 4) is 17.6 Å². The summed E-state index contributed by atoms with van der Waals surface area (Å²) in [6.45, 7) is 7.31. The number of allylic oxidation sites excluding steroid dienone is 3. The summed E-state index contributed by atoms with van der Waals surface area (Å²) < 4.78 is 17.9. The summed E-state index contributed by atoms with van der Waals surface area (Å²) in [6.07, 6.45) is 3.81. The second-order valence-electron chi connectivity index (χ2n) is 8.40. The number of rotatable bonds is 6. The zero-order valence-corrected chi connectivity index (χ0v) is 19.4. The van der Waals surface area contributed by atoms with Crippen molar-refractivity contribution in [3.05, 3.63) is 88.0 Å². The molecule has 2 N–H and O–H groups in total. The van der Waals surface area contributed by atoms with E-state index >= 15 is 0 Å². The summed E-state index contributed by atoms with van der Waals surface area (Å²) in [4.78, 5) is 0. The number of benzene rings is 2. The van der Waals surface area contributed by atoms with Crippen LogP contribution in [-0.2, 0) is 4.74 Å². The van der Waals surface area contributed by atoms with E-state index in [-0.39, 0.29) is 11.8 Å². The van der Waals surface area contributed by atoms with Crippen LogP contribution < -0.4 is 15.2 Å². The van der Waals surface area contributed by atoms with Crippen molar-refractivity contribution >= 4 is 6.08 Å². The van der Waals surface area contributed by atoms with Crippen molar-refractivity contribution in [2.24, 2.45) is 11.7 Å². The number of para-hydroxylation sites is 2. The highest BCUT2D eigenvalue weighted by molar-refractivity contribution is 5.66. The quantitative estimate of drug-likeness (QED) is 0.588. The predicted octanol–water partition coefficient (Wildman–Crippen LogP) is 6.06. The van der Waals surface area contributed by atoms with Crippen LogP contribution in [-0.4, -0.2) is 13.2 Å². The molecule has 33 heavy (non-hydrogen) atoms. The molecule has 2 unspecified atom stereocenters. The molecule has 0 spiro atoms. The van der Waals surface area contributed by atoms with Crippen LogP contribution in [0, 0.1) is 17.2 Å². The third-order valence-electron chi connectivity index (χ3n) is 6.03. The summed E-state index contributed by atoms with van der Waals surface area (Å²) in [5.41, 5.74) is 10.8. The van der Waals surface area contributed by atoms with E-state index in [1.165, 1.54) is 0 Å². The lowest BCUT2D eigenvalue weighted by atomic mass is 9.73. The normalized spacial score (nSPS) is 21.3. The average Bonchev–Trinajstić information content (AvgIpc) is 2.81. The van der Waals surface area contributed by atoms with E-state index in [4.69, 9.17) is 19.9 Å². The van der Waals surface area contributed by atoms with Crippen LogP contribution in [0.25, 0.3) is 6.08 Å². The molecule has 5 nitrogen and oxygen atoms in total. The van der Waals surface area contributed by atoms with Crippen LogP contribution >= 0.6 is 0 Å². The van der Waals surface area contributed by atoms with Gasteiger partial charge in [-0.25, -0.2) is 0 Å². The Hall–Kier alpha value is -3.65. The third-order valence-corrected chi connectivity index (χ3v) is 6.03. The Morgan fingerprint density at radius 3 is 2.42 bits per heavy atom. The van der Waals surface area contributed by atoms with Gasteiger partial charge < -0.3 is 19.9 Å². The Labute approximate surface area is 195 Å². The fourth-order valence-electron chi connectivity index (χ4n) is 4.74. The first-order valence-corrected chi connectivity index (χ1v) is 11.5. The molecule has 2 aromatic carbocycles. The van der Waals surface area contributed by atoms with Gasteiger partial charge in [0, 0.05) is 11.1 Å². The molecule has 170 valence electrons. The maximum absolute atomic E-state index is 10.0. The van der Waals surface area contributed by atoms with Crippen molar-refractivity contribution in [1.29, 1.82) is 5.26 Å². The highest BCUT2D eigenvalue weighted by atomic mass is 16.5. The minimum absolute atomic E-state index is 0.158. The van der Waals surface area contributed by atoms with E-state index in [0.717, 1.165) is 52.4 Å². The van der Waals surface area contributed by atoms with Gasteiger partial charge in [-0.15, -0.1) is 0 Å². The Kier molecular flexibility index (Phi) is 6.74. The molecule has 5 heteroatoms. The molecule has 0 bridgehead atoms. The molecule has 4 rings (SSSR count). The first-order chi connectivity index (χ1) is 16.1. The van der Waals surface area contributed by atoms with Crippen molar-refractivity contribution in [2.45, 2.75) is 39.5 Å². The molecule has 1 aliphatic heterocycles. The lowest BCUT2D eigenvalue weighted by molar-refractivity contribution is 0.267. The van der Waals surface area contributed by atoms with Crippen LogP contribution in [0.2, 0.25) is 0 Å². The molecule has 2 aliphatic rings. The van der Waals surface area contributed by atoms with Gasteiger partial charge in [-0.1, -0.05) is 43.3 Å². The number of nitrogens with zero attached hydrogens (tertiary/aromatic N) is 1. The molecule has 0 radical (unpaired) electrons. The van der Waals surface area contributed by atoms with Crippen LogP contribution in [0.5, 0.6) is 11.5 Å². The van der Waals surface area contributed by atoms with E-state index in [2.05, 4.69) is 19.1 Å². The SMILES string of the molecule is CCOc1ccccc1/C=C1\CC(C)CC2=C1OC(N)=C(C#N)C2c1ccccc1OCC. The topological polar surface area (TPSA) is 77.5 Å². The second kappa shape index (κ2) is 9.87. The van der Waals surface area contributed by atoms with Crippen molar-refractivity contribution in [2.75, 3.05) is 13.2 Å². The first kappa shape index (κ1) is 22.5. The fraction of sp³-hybridized carbons (Fsp3) is 0.321. The van der Waals surface area contributed by atoms with Gasteiger partial charge in [-0.3, -0.25) is 0 Å². The summed E-state index contributed by atoms with van der Waals surface area (Å²) in [6, 6.07) is 18.2. The molecule has 1 aliphatic carbocycles. The fourth-order valence-corrected chi connectivity index (χ4v) is 4.74. The third kappa shape index (κ3) is 4.47. The highest BCUT2D eigenvalue weighted by Crippen LogP contribution is 2.50. The van der Waals surface area contributed by atoms with Gasteiger partial charge in [0.2, 0.25) is 5.88 Å². The van der Waals surface area contributed by atoms with Gasteiger partial charge in [0.15, 0.2) is 0 Å². The smallest absolute Gasteiger partial charge is 0.205 e. The molecule has 0 amide bonds. The summed E-state index contributed by atoms with van der Waals surface area (Å²) in [5, 5.41) is 10.0. The first-order valence-electron chi connectivity index (χ1n) is 11.5. The number of ether oxygens (including phenoxy) is 3. The molecule has 0 saturated heterocycles. The summed E-state index contributed by atoms with van der Waals surface area (Å²) in [5.74, 6) is 2.62. The van der Waals surface area contributed by atoms with E-state index < -0.39 is 0 Å². The molecular weight excluding hydrogens is 412 g/mol. The van der Waals surface area contributed by atoms with Crippen LogP contribution in [0.4, 0.5) is 0 Å². The standard InChI is InChI=1S/C28H30N2O3/c1-4-31-24-12-8-6-10-19(24)16-20-14-18(3)15-22-26(23(17-29)28(30)33-27(20)22)21-11-7-9-13-25(21)32-5-2/h6-13,16,18,26H,4-5,14-15,30H2,1-3H3/b20-16+. The Morgan fingerprint density at radius 1 is 1.03 bits per heavy atom. The van der Waals surface area contributed by atoms with E-state index in [9.17, 15) is 5.26 Å². The number of nitriles is 1. The molecular formula is C28H30N2O3. The van der Waals surface area contributed by atoms with Gasteiger partial charge in [-0.2, -0.15) is 5.26 Å². The zero-order chi connectivity index (χ0) is 23.4. The molecule has 2 aromatic rings. The Morgan fingerprint density at radius 2 is 1.70 bits per heavy atom. The zero-order valence-electron chi connectivity index (χ0n) is 19.4. The minimum atomic E-state index is -0.296. The van der Waals surface area contributed by atoms with Gasteiger partial charge in [0.1, 0.15) is 28.9 Å². The Bertz CT molecular complexity index is 1170. The summed E-state index contributed by atoms with van der Waals surface area (Å²) >= 11 is 0. The molecule has 1 heterocycles. The maximum Gasteiger partial charge on any atom is 0.205 e.